The van der Waals surface area contributed by atoms with Crippen molar-refractivity contribution in [3.63, 3.8) is 0 Å². The summed E-state index contributed by atoms with van der Waals surface area (Å²) in [6.45, 7) is 0. The molecule has 9 aromatic rings. The molecule has 218 valence electrons. The van der Waals surface area contributed by atoms with Crippen LogP contribution in [-0.2, 0) is 0 Å². The van der Waals surface area contributed by atoms with Crippen molar-refractivity contribution in [2.75, 3.05) is 4.90 Å². The van der Waals surface area contributed by atoms with Crippen LogP contribution in [0.3, 0.4) is 0 Å². The second-order valence-electron chi connectivity index (χ2n) is 11.6. The molecule has 0 atom stereocenters. The third kappa shape index (κ3) is 4.26. The number of thiophene rings is 1. The largest absolute Gasteiger partial charge is 0.508 e. The zero-order valence-electron chi connectivity index (χ0n) is 24.8. The highest BCUT2D eigenvalue weighted by atomic mass is 32.1. The summed E-state index contributed by atoms with van der Waals surface area (Å²) in [5, 5.41) is 14.9. The molecular formula is C42H28N2OS. The number of hydrogen-bond acceptors (Lipinski definition) is 3. The van der Waals surface area contributed by atoms with Crippen molar-refractivity contribution in [1.82, 2.24) is 4.57 Å². The fourth-order valence-corrected chi connectivity index (χ4v) is 7.87. The molecule has 0 saturated carbocycles. The van der Waals surface area contributed by atoms with Gasteiger partial charge in [-0.2, -0.15) is 0 Å². The lowest BCUT2D eigenvalue weighted by atomic mass is 10.0. The molecule has 0 bridgehead atoms. The van der Waals surface area contributed by atoms with Gasteiger partial charge in [0.25, 0.3) is 0 Å². The van der Waals surface area contributed by atoms with Crippen LogP contribution in [0.1, 0.15) is 0 Å². The molecule has 9 rings (SSSR count). The molecule has 2 aromatic heterocycles. The van der Waals surface area contributed by atoms with Gasteiger partial charge < -0.3 is 14.6 Å². The molecule has 4 heteroatoms. The Morgan fingerprint density at radius 1 is 0.478 bits per heavy atom. The molecule has 0 spiro atoms. The van der Waals surface area contributed by atoms with Gasteiger partial charge in [-0.25, -0.2) is 0 Å². The Labute approximate surface area is 270 Å². The van der Waals surface area contributed by atoms with Gasteiger partial charge in [0.1, 0.15) is 5.75 Å². The number of rotatable bonds is 5. The van der Waals surface area contributed by atoms with Crippen LogP contribution in [0.15, 0.2) is 164 Å². The molecule has 2 heterocycles. The second-order valence-corrected chi connectivity index (χ2v) is 12.7. The summed E-state index contributed by atoms with van der Waals surface area (Å²) >= 11 is 1.84. The molecule has 0 saturated heterocycles. The summed E-state index contributed by atoms with van der Waals surface area (Å²) in [6.07, 6.45) is 0. The highest BCUT2D eigenvalue weighted by Crippen LogP contribution is 2.46. The minimum absolute atomic E-state index is 0.265. The van der Waals surface area contributed by atoms with E-state index in [9.17, 15) is 5.11 Å². The highest BCUT2D eigenvalue weighted by Gasteiger charge is 2.22. The van der Waals surface area contributed by atoms with Crippen molar-refractivity contribution >= 4 is 70.4 Å². The van der Waals surface area contributed by atoms with E-state index in [1.807, 2.05) is 23.5 Å². The number of para-hydroxylation sites is 2. The lowest BCUT2D eigenvalue weighted by Crippen LogP contribution is -2.10. The Morgan fingerprint density at radius 2 is 1.20 bits per heavy atom. The predicted molar refractivity (Wildman–Crippen MR) is 195 cm³/mol. The zero-order chi connectivity index (χ0) is 30.6. The van der Waals surface area contributed by atoms with E-state index in [0.717, 1.165) is 44.9 Å². The van der Waals surface area contributed by atoms with Gasteiger partial charge in [0.2, 0.25) is 0 Å². The lowest BCUT2D eigenvalue weighted by Gasteiger charge is -2.26. The average molecular weight is 609 g/mol. The van der Waals surface area contributed by atoms with E-state index in [1.165, 1.54) is 30.9 Å². The van der Waals surface area contributed by atoms with Crippen LogP contribution in [0.2, 0.25) is 0 Å². The number of aromatic nitrogens is 1. The number of fused-ring (bicyclic) bond motifs is 6. The minimum atomic E-state index is 0.265. The molecule has 1 N–H and O–H groups in total. The van der Waals surface area contributed by atoms with E-state index >= 15 is 0 Å². The summed E-state index contributed by atoms with van der Waals surface area (Å²) in [4.78, 5) is 2.40. The van der Waals surface area contributed by atoms with Crippen molar-refractivity contribution in [2.24, 2.45) is 0 Å². The summed E-state index contributed by atoms with van der Waals surface area (Å²) in [5.41, 5.74) is 8.90. The monoisotopic (exact) mass is 608 g/mol. The SMILES string of the molecule is Oc1ccc(-c2ccc3c(c2)c2c(N(c4ccccc4)c4ccc5sc6ccccc6c5c4)cccc2n3-c2ccccc2)cc1. The van der Waals surface area contributed by atoms with Crippen molar-refractivity contribution in [3.8, 4) is 22.6 Å². The molecule has 46 heavy (non-hydrogen) atoms. The number of benzene rings is 7. The number of aromatic hydroxyl groups is 1. The van der Waals surface area contributed by atoms with Crippen LogP contribution >= 0.6 is 11.3 Å². The predicted octanol–water partition coefficient (Wildman–Crippen LogP) is 12.0. The van der Waals surface area contributed by atoms with Crippen LogP contribution in [-0.4, -0.2) is 9.67 Å². The van der Waals surface area contributed by atoms with Gasteiger partial charge in [0, 0.05) is 48.0 Å². The van der Waals surface area contributed by atoms with E-state index in [4.69, 9.17) is 0 Å². The molecule has 0 aliphatic rings. The first kappa shape index (κ1) is 26.6. The van der Waals surface area contributed by atoms with Crippen molar-refractivity contribution in [2.45, 2.75) is 0 Å². The highest BCUT2D eigenvalue weighted by molar-refractivity contribution is 7.25. The zero-order valence-corrected chi connectivity index (χ0v) is 25.7. The average Bonchev–Trinajstić information content (AvgIpc) is 3.65. The molecule has 0 aliphatic carbocycles. The Hall–Kier alpha value is -5.84. The normalized spacial score (nSPS) is 11.6. The maximum atomic E-state index is 9.96. The van der Waals surface area contributed by atoms with Crippen LogP contribution in [0.25, 0.3) is 58.8 Å². The third-order valence-electron chi connectivity index (χ3n) is 8.86. The Kier molecular flexibility index (Phi) is 6.15. The maximum absolute atomic E-state index is 9.96. The van der Waals surface area contributed by atoms with Crippen LogP contribution < -0.4 is 4.90 Å². The molecular weight excluding hydrogens is 581 g/mol. The van der Waals surface area contributed by atoms with Crippen molar-refractivity contribution < 1.29 is 5.11 Å². The second kappa shape index (κ2) is 10.7. The first-order valence-electron chi connectivity index (χ1n) is 15.4. The van der Waals surface area contributed by atoms with Crippen molar-refractivity contribution in [3.05, 3.63) is 164 Å². The maximum Gasteiger partial charge on any atom is 0.115 e. The Bertz CT molecular complexity index is 2530. The van der Waals surface area contributed by atoms with Crippen molar-refractivity contribution in [1.29, 1.82) is 0 Å². The van der Waals surface area contributed by atoms with Gasteiger partial charge in [-0.05, 0) is 96.1 Å². The smallest absolute Gasteiger partial charge is 0.115 e. The van der Waals surface area contributed by atoms with E-state index in [-0.39, 0.29) is 5.75 Å². The molecule has 0 unspecified atom stereocenters. The minimum Gasteiger partial charge on any atom is -0.508 e. The molecule has 0 fully saturated rings. The van der Waals surface area contributed by atoms with E-state index < -0.39 is 0 Å². The van der Waals surface area contributed by atoms with Gasteiger partial charge in [0.15, 0.2) is 0 Å². The van der Waals surface area contributed by atoms with E-state index in [2.05, 4.69) is 149 Å². The number of hydrogen-bond donors (Lipinski definition) is 1. The fraction of sp³-hybridized carbons (Fsp3) is 0. The first-order chi connectivity index (χ1) is 22.7. The lowest BCUT2D eigenvalue weighted by molar-refractivity contribution is 0.475. The third-order valence-corrected chi connectivity index (χ3v) is 10.0. The Morgan fingerprint density at radius 3 is 2.02 bits per heavy atom. The topological polar surface area (TPSA) is 28.4 Å². The molecule has 0 amide bonds. The molecule has 7 aromatic carbocycles. The fourth-order valence-electron chi connectivity index (χ4n) is 6.78. The van der Waals surface area contributed by atoms with Gasteiger partial charge in [0.05, 0.1) is 16.7 Å². The number of anilines is 3. The summed E-state index contributed by atoms with van der Waals surface area (Å²) in [6, 6.07) is 57.6. The van der Waals surface area contributed by atoms with Crippen LogP contribution in [0.5, 0.6) is 5.75 Å². The first-order valence-corrected chi connectivity index (χ1v) is 16.2. The number of nitrogens with zero attached hydrogens (tertiary/aromatic N) is 2. The Balaban J connectivity index is 1.36. The number of phenols is 1. The van der Waals surface area contributed by atoms with Gasteiger partial charge >= 0.3 is 0 Å². The van der Waals surface area contributed by atoms with Crippen LogP contribution in [0.4, 0.5) is 17.1 Å². The summed E-state index contributed by atoms with van der Waals surface area (Å²) in [5.74, 6) is 0.265. The number of phenolic OH excluding ortho intramolecular Hbond substituents is 1. The summed E-state index contributed by atoms with van der Waals surface area (Å²) < 4.78 is 4.96. The van der Waals surface area contributed by atoms with Gasteiger partial charge in [-0.1, -0.05) is 78.9 Å². The van der Waals surface area contributed by atoms with E-state index in [0.29, 0.717) is 0 Å². The quantitative estimate of drug-likeness (QED) is 0.211. The van der Waals surface area contributed by atoms with Gasteiger partial charge in [-0.15, -0.1) is 11.3 Å². The molecule has 0 aliphatic heterocycles. The van der Waals surface area contributed by atoms with Gasteiger partial charge in [-0.3, -0.25) is 0 Å². The molecule has 3 nitrogen and oxygen atoms in total. The van der Waals surface area contributed by atoms with E-state index in [1.54, 1.807) is 12.1 Å². The standard InChI is InChI=1S/C42H28N2OS/c45-33-22-18-28(19-23-33)29-20-24-37-36(26-29)42-38(15-9-16-39(42)44(37)31-12-5-2-6-13-31)43(30-10-3-1-4-11-30)32-21-25-41-35(27-32)34-14-7-8-17-40(34)46-41/h1-27,45H. The van der Waals surface area contributed by atoms with Crippen LogP contribution in [0, 0.1) is 0 Å². The molecule has 0 radical (unpaired) electrons. The summed E-state index contributed by atoms with van der Waals surface area (Å²) in [7, 11) is 0.